The lowest BCUT2D eigenvalue weighted by Gasteiger charge is -2.35. The minimum Gasteiger partial charge on any atom is -0.457 e. The highest BCUT2D eigenvalue weighted by Gasteiger charge is 2.51. The van der Waals surface area contributed by atoms with Crippen molar-refractivity contribution in [2.45, 2.75) is 38.4 Å². The summed E-state index contributed by atoms with van der Waals surface area (Å²) < 4.78 is 48.2. The van der Waals surface area contributed by atoms with Gasteiger partial charge in [-0.15, -0.1) is 8.78 Å². The number of nitro benzene ring substituents is 1. The third-order valence-corrected chi connectivity index (χ3v) is 6.76. The van der Waals surface area contributed by atoms with Gasteiger partial charge in [-0.2, -0.15) is 0 Å². The van der Waals surface area contributed by atoms with Crippen LogP contribution in [0.3, 0.4) is 0 Å². The lowest BCUT2D eigenvalue weighted by molar-refractivity contribution is -0.385. The van der Waals surface area contributed by atoms with Crippen LogP contribution in [0.15, 0.2) is 23.0 Å². The van der Waals surface area contributed by atoms with Crippen LogP contribution in [-0.4, -0.2) is 39.3 Å². The first kappa shape index (κ1) is 23.7. The van der Waals surface area contributed by atoms with E-state index in [0.717, 1.165) is 6.07 Å². The number of aromatic nitrogens is 2. The zero-order chi connectivity index (χ0) is 27.1. The van der Waals surface area contributed by atoms with Crippen LogP contribution in [0, 0.1) is 10.1 Å². The van der Waals surface area contributed by atoms with E-state index in [4.69, 9.17) is 15.2 Å². The van der Waals surface area contributed by atoms with E-state index >= 15 is 0 Å². The molecule has 38 heavy (non-hydrogen) atoms. The van der Waals surface area contributed by atoms with Crippen LogP contribution in [-0.2, 0) is 37.8 Å². The number of alkyl halides is 2. The molecule has 0 amide bonds. The van der Waals surface area contributed by atoms with E-state index in [0.29, 0.717) is 5.56 Å². The summed E-state index contributed by atoms with van der Waals surface area (Å²) in [7, 11) is 0. The van der Waals surface area contributed by atoms with Crippen molar-refractivity contribution in [3.8, 4) is 22.9 Å². The Morgan fingerprint density at radius 1 is 1.29 bits per heavy atom. The molecule has 6 rings (SSSR count). The number of ether oxygens (including phenoxy) is 4. The van der Waals surface area contributed by atoms with Crippen LogP contribution < -0.4 is 20.8 Å². The average Bonchev–Trinajstić information content (AvgIpc) is 3.37. The quantitative estimate of drug-likeness (QED) is 0.231. The average molecular weight is 530 g/mol. The molecular formula is C23H16F2N4O9. The van der Waals surface area contributed by atoms with Gasteiger partial charge in [0.25, 0.3) is 11.3 Å². The topological polar surface area (TPSA) is 175 Å². The summed E-state index contributed by atoms with van der Waals surface area (Å²) in [6.45, 7) is 0.639. The number of cyclic esters (lactones) is 1. The minimum absolute atomic E-state index is 0.0584. The number of halogens is 2. The van der Waals surface area contributed by atoms with E-state index in [1.165, 1.54) is 16.7 Å². The number of fused-ring (bicyclic) bond motifs is 6. The van der Waals surface area contributed by atoms with Crippen LogP contribution in [0.1, 0.15) is 30.0 Å². The zero-order valence-electron chi connectivity index (χ0n) is 19.4. The van der Waals surface area contributed by atoms with Gasteiger partial charge in [0.2, 0.25) is 5.60 Å². The standard InChI is InChI=1S/C23H16F2N4O9/c1-2-22(37-16(30)6-26)12-4-14-17-9(7-28(14)20(31)11(12)8-35-21(22)32)3-10-13(27-17)5-15-19(18(10)29(33)34)38-23(24,25)36-15/h3-5H,2,6-8,26H2,1H3. The summed E-state index contributed by atoms with van der Waals surface area (Å²) in [6.07, 6.45) is -4.15. The van der Waals surface area contributed by atoms with Gasteiger partial charge in [0, 0.05) is 17.2 Å². The fourth-order valence-corrected chi connectivity index (χ4v) is 5.08. The van der Waals surface area contributed by atoms with Gasteiger partial charge in [-0.1, -0.05) is 6.92 Å². The Hall–Kier alpha value is -4.66. The van der Waals surface area contributed by atoms with E-state index < -0.39 is 58.0 Å². The fourth-order valence-electron chi connectivity index (χ4n) is 5.08. The monoisotopic (exact) mass is 530 g/mol. The molecule has 0 spiro atoms. The predicted molar refractivity (Wildman–Crippen MR) is 120 cm³/mol. The molecule has 196 valence electrons. The number of hydrogen-bond acceptors (Lipinski definition) is 11. The van der Waals surface area contributed by atoms with Crippen molar-refractivity contribution in [1.82, 2.24) is 9.55 Å². The maximum Gasteiger partial charge on any atom is 0.586 e. The molecule has 13 nitrogen and oxygen atoms in total. The van der Waals surface area contributed by atoms with Crippen molar-refractivity contribution in [2.24, 2.45) is 5.73 Å². The highest BCUT2D eigenvalue weighted by Crippen LogP contribution is 2.51. The first-order chi connectivity index (χ1) is 18.0. The Morgan fingerprint density at radius 3 is 2.74 bits per heavy atom. The fraction of sp³-hybridized carbons (Fsp3) is 0.304. The molecule has 1 atom stereocenters. The summed E-state index contributed by atoms with van der Waals surface area (Å²) in [5.74, 6) is -3.05. The number of pyridine rings is 2. The molecule has 0 radical (unpaired) electrons. The number of nitrogens with two attached hydrogens (primary N) is 1. The number of hydrogen-bond donors (Lipinski definition) is 1. The molecule has 0 fully saturated rings. The zero-order valence-corrected chi connectivity index (χ0v) is 19.4. The third-order valence-electron chi connectivity index (χ3n) is 6.76. The number of nitrogens with zero attached hydrogens (tertiary/aromatic N) is 3. The summed E-state index contributed by atoms with van der Waals surface area (Å²) in [6, 6.07) is 3.92. The summed E-state index contributed by atoms with van der Waals surface area (Å²) in [5.41, 5.74) is 3.10. The van der Waals surface area contributed by atoms with Gasteiger partial charge in [0.05, 0.1) is 45.9 Å². The van der Waals surface area contributed by atoms with E-state index in [1.54, 1.807) is 6.92 Å². The van der Waals surface area contributed by atoms with Crippen molar-refractivity contribution in [2.75, 3.05) is 6.54 Å². The number of nitro groups is 1. The molecule has 3 aliphatic rings. The van der Waals surface area contributed by atoms with Gasteiger partial charge in [-0.25, -0.2) is 9.78 Å². The normalized spacial score (nSPS) is 19.9. The van der Waals surface area contributed by atoms with Gasteiger partial charge in [0.15, 0.2) is 5.75 Å². The van der Waals surface area contributed by atoms with Crippen molar-refractivity contribution >= 4 is 28.5 Å². The van der Waals surface area contributed by atoms with Crippen LogP contribution in [0.25, 0.3) is 22.3 Å². The van der Waals surface area contributed by atoms with E-state index in [2.05, 4.69) is 14.5 Å². The van der Waals surface area contributed by atoms with Gasteiger partial charge < -0.3 is 29.2 Å². The van der Waals surface area contributed by atoms with Crippen LogP contribution in [0.4, 0.5) is 14.5 Å². The third kappa shape index (κ3) is 3.11. The van der Waals surface area contributed by atoms with Gasteiger partial charge in [-0.05, 0) is 18.6 Å². The lowest BCUT2D eigenvalue weighted by atomic mass is 9.85. The summed E-state index contributed by atoms with van der Waals surface area (Å²) in [5, 5.41) is 11.7. The number of carbonyl (C=O) groups is 2. The smallest absolute Gasteiger partial charge is 0.457 e. The van der Waals surface area contributed by atoms with Gasteiger partial charge >= 0.3 is 23.9 Å². The maximum absolute atomic E-state index is 13.7. The minimum atomic E-state index is -4.09. The molecular weight excluding hydrogens is 514 g/mol. The molecule has 1 aromatic carbocycles. The first-order valence-electron chi connectivity index (χ1n) is 11.3. The van der Waals surface area contributed by atoms with Crippen LogP contribution in [0.2, 0.25) is 0 Å². The van der Waals surface area contributed by atoms with Gasteiger partial charge in [0.1, 0.15) is 6.61 Å². The molecule has 5 heterocycles. The molecule has 0 saturated carbocycles. The molecule has 3 aromatic rings. The summed E-state index contributed by atoms with van der Waals surface area (Å²) >= 11 is 0. The molecule has 0 saturated heterocycles. The maximum atomic E-state index is 13.7. The largest absolute Gasteiger partial charge is 0.586 e. The predicted octanol–water partition coefficient (Wildman–Crippen LogP) is 1.82. The van der Waals surface area contributed by atoms with Gasteiger partial charge in [-0.3, -0.25) is 19.7 Å². The van der Waals surface area contributed by atoms with E-state index in [1.807, 2.05) is 0 Å². The Morgan fingerprint density at radius 2 is 2.05 bits per heavy atom. The SMILES string of the molecule is CCC1(OC(=O)CN)C(=O)OCc2c1cc1n(c2=O)Cc2cc3c([N+](=O)[O-])c4c(cc3nc2-1)OC(F)(F)O4. The van der Waals surface area contributed by atoms with E-state index in [-0.39, 0.29) is 53.0 Å². The van der Waals surface area contributed by atoms with Crippen molar-refractivity contribution < 1.29 is 42.2 Å². The second-order valence-electron chi connectivity index (χ2n) is 8.79. The molecule has 2 N–H and O–H groups in total. The molecule has 3 aliphatic heterocycles. The van der Waals surface area contributed by atoms with Crippen molar-refractivity contribution in [3.63, 3.8) is 0 Å². The number of benzene rings is 1. The van der Waals surface area contributed by atoms with Crippen LogP contribution >= 0.6 is 0 Å². The Labute approximate surface area is 209 Å². The van der Waals surface area contributed by atoms with Crippen molar-refractivity contribution in [1.29, 1.82) is 0 Å². The Kier molecular flexibility index (Phi) is 4.79. The molecule has 2 aromatic heterocycles. The van der Waals surface area contributed by atoms with Crippen LogP contribution in [0.5, 0.6) is 11.5 Å². The summed E-state index contributed by atoms with van der Waals surface area (Å²) in [4.78, 5) is 53.8. The second-order valence-corrected chi connectivity index (χ2v) is 8.79. The molecule has 0 aliphatic carbocycles. The second kappa shape index (κ2) is 7.67. The Balaban J connectivity index is 1.59. The van der Waals surface area contributed by atoms with Crippen molar-refractivity contribution in [3.05, 3.63) is 55.4 Å². The molecule has 0 bridgehead atoms. The number of esters is 2. The number of rotatable bonds is 4. The lowest BCUT2D eigenvalue weighted by Crippen LogP contribution is -2.48. The number of carbonyl (C=O) groups excluding carboxylic acids is 2. The molecule has 15 heteroatoms. The highest BCUT2D eigenvalue weighted by atomic mass is 19.3. The Bertz CT molecular complexity index is 1690. The molecule has 1 unspecified atom stereocenters. The highest BCUT2D eigenvalue weighted by molar-refractivity contribution is 5.96. The first-order valence-corrected chi connectivity index (χ1v) is 11.3. The van der Waals surface area contributed by atoms with E-state index in [9.17, 15) is 33.3 Å².